The number of aliphatic carboxylic acids is 2. The van der Waals surface area contributed by atoms with Crippen molar-refractivity contribution in [1.82, 2.24) is 15.2 Å². The molecule has 6 heterocycles. The summed E-state index contributed by atoms with van der Waals surface area (Å²) in [4.78, 5) is 76.1. The van der Waals surface area contributed by atoms with Crippen LogP contribution in [0.4, 0.5) is 5.13 Å². The highest BCUT2D eigenvalue weighted by molar-refractivity contribution is 8.04. The fourth-order valence-corrected chi connectivity index (χ4v) is 9.47. The number of nitrogens with two attached hydrogens (primary N) is 1. The number of carboxylic acid groups (broad SMARTS) is 2. The molecule has 50 heavy (non-hydrogen) atoms. The lowest BCUT2D eigenvalue weighted by Gasteiger charge is -2.52. The van der Waals surface area contributed by atoms with Crippen LogP contribution in [0.5, 0.6) is 11.5 Å². The number of fused-ring (bicyclic) bond motifs is 3. The number of quaternary nitrogens is 1. The number of hydrogen-bond donors (Lipinski definition) is 6. The first-order valence-corrected chi connectivity index (χ1v) is 17.7. The molecule has 4 unspecified atom stereocenters. The van der Waals surface area contributed by atoms with Crippen LogP contribution in [0.1, 0.15) is 36.3 Å². The first-order chi connectivity index (χ1) is 23.5. The SMILES string of the molecule is CC(C)(ON=C(C(=O)NC1C(C2SC3=CC[N+]2(CC(=O)c2ccc(O)c(O)c2)C=C3)=C(C(=O)O)N2C(=O)C[C@@H]2S1=O)c1csc(N)n1)C(=O)O. The number of β-lactam (4-membered cyclic amide) rings is 1. The maximum Gasteiger partial charge on any atom is 0.352 e. The van der Waals surface area contributed by atoms with Gasteiger partial charge in [0.1, 0.15) is 35.2 Å². The highest BCUT2D eigenvalue weighted by Crippen LogP contribution is 2.49. The summed E-state index contributed by atoms with van der Waals surface area (Å²) in [6, 6.07) is 3.57. The van der Waals surface area contributed by atoms with Crippen LogP contribution in [0, 0.1) is 0 Å². The predicted octanol–water partition coefficient (Wildman–Crippen LogP) is 1.01. The van der Waals surface area contributed by atoms with E-state index in [4.69, 9.17) is 10.6 Å². The fourth-order valence-electron chi connectivity index (χ4n) is 5.69. The van der Waals surface area contributed by atoms with E-state index in [2.05, 4.69) is 15.5 Å². The van der Waals surface area contributed by atoms with E-state index in [1.807, 2.05) is 6.08 Å². The number of nitrogens with zero attached hydrogens (tertiary/aromatic N) is 4. The monoisotopic (exact) mass is 745 g/mol. The number of Topliss-reactive ketones (excluding diaryl/α,β-unsaturated/α-hetero) is 1. The molecule has 2 amide bonds. The summed E-state index contributed by atoms with van der Waals surface area (Å²) in [5.74, 6) is -6.02. The number of allylic oxidation sites excluding steroid dienone is 1. The Morgan fingerprint density at radius 3 is 2.54 bits per heavy atom. The quantitative estimate of drug-likeness (QED) is 0.0469. The van der Waals surface area contributed by atoms with Gasteiger partial charge in [0.15, 0.2) is 27.7 Å². The molecule has 1 aromatic carbocycles. The summed E-state index contributed by atoms with van der Waals surface area (Å²) in [5.41, 5.74) is 2.69. The van der Waals surface area contributed by atoms with Crippen molar-refractivity contribution in [2.24, 2.45) is 5.16 Å². The zero-order chi connectivity index (χ0) is 36.3. The lowest BCUT2D eigenvalue weighted by Crippen LogP contribution is -2.67. The Labute approximate surface area is 293 Å². The number of aromatic nitrogens is 1. The number of hydrogen-bond acceptors (Lipinski definition) is 14. The minimum Gasteiger partial charge on any atom is -0.504 e. The number of thioether (sulfide) groups is 1. The Morgan fingerprint density at radius 2 is 1.96 bits per heavy atom. The molecule has 5 atom stereocenters. The van der Waals surface area contributed by atoms with Crippen LogP contribution >= 0.6 is 23.1 Å². The second-order valence-electron chi connectivity index (χ2n) is 12.1. The van der Waals surface area contributed by atoms with Crippen molar-refractivity contribution >= 4 is 74.3 Å². The molecule has 0 spiro atoms. The van der Waals surface area contributed by atoms with E-state index in [1.165, 1.54) is 25.3 Å². The normalized spacial score (nSPS) is 25.8. The van der Waals surface area contributed by atoms with Gasteiger partial charge < -0.3 is 36.3 Å². The number of carbonyl (C=O) groups excluding carboxylic acids is 3. The number of carboxylic acids is 2. The number of ketones is 1. The van der Waals surface area contributed by atoms with Gasteiger partial charge in [-0.1, -0.05) is 16.9 Å². The van der Waals surface area contributed by atoms with Crippen molar-refractivity contribution < 1.29 is 57.9 Å². The van der Waals surface area contributed by atoms with Crippen molar-refractivity contribution in [3.8, 4) is 11.5 Å². The Morgan fingerprint density at radius 1 is 1.22 bits per heavy atom. The van der Waals surface area contributed by atoms with Gasteiger partial charge in [0, 0.05) is 21.9 Å². The van der Waals surface area contributed by atoms with Gasteiger partial charge in [-0.25, -0.2) is 14.6 Å². The molecule has 262 valence electrons. The number of benzene rings is 1. The number of nitrogens with one attached hydrogen (secondary N) is 1. The van der Waals surface area contributed by atoms with Gasteiger partial charge in [0.25, 0.3) is 5.91 Å². The topological polar surface area (TPSA) is 259 Å². The third-order valence-electron chi connectivity index (χ3n) is 8.41. The molecule has 0 aliphatic carbocycles. The summed E-state index contributed by atoms with van der Waals surface area (Å²) in [5, 5.41) is 44.0. The van der Waals surface area contributed by atoms with Gasteiger partial charge >= 0.3 is 11.9 Å². The molecule has 1 aromatic heterocycles. The summed E-state index contributed by atoms with van der Waals surface area (Å²) < 4.78 is 14.0. The minimum atomic E-state index is -2.14. The largest absolute Gasteiger partial charge is 0.504 e. The Bertz CT molecular complexity index is 2020. The van der Waals surface area contributed by atoms with E-state index in [-0.39, 0.29) is 46.0 Å². The first-order valence-electron chi connectivity index (χ1n) is 14.7. The number of nitrogen functional groups attached to an aromatic ring is 1. The van der Waals surface area contributed by atoms with Gasteiger partial charge in [-0.05, 0) is 38.1 Å². The minimum absolute atomic E-state index is 0.0390. The van der Waals surface area contributed by atoms with Crippen molar-refractivity contribution in [3.63, 3.8) is 0 Å². The van der Waals surface area contributed by atoms with Crippen LogP contribution in [0.25, 0.3) is 0 Å². The van der Waals surface area contributed by atoms with E-state index in [9.17, 15) is 48.6 Å². The molecule has 2 aromatic rings. The van der Waals surface area contributed by atoms with Crippen LogP contribution in [-0.4, -0.2) is 109 Å². The van der Waals surface area contributed by atoms with Gasteiger partial charge in [-0.2, -0.15) is 0 Å². The van der Waals surface area contributed by atoms with E-state index in [1.54, 1.807) is 12.3 Å². The van der Waals surface area contributed by atoms with Crippen molar-refractivity contribution in [3.05, 3.63) is 69.4 Å². The average Bonchev–Trinajstić information content (AvgIpc) is 3.49. The summed E-state index contributed by atoms with van der Waals surface area (Å²) >= 11 is 2.10. The maximum absolute atomic E-state index is 14.2. The standard InChI is InChI=1S/C30H28N6O11S3/c1-30(2,28(44)45)47-34-22(15-12-48-29(31)32-15)24(41)33-25-21(23(27(42)43)35-19(40)10-20(35)50(25)46)26-36(7-5-14(49-26)6-8-36)11-18(39)13-3-4-16(37)17(38)9-13/h3-7,9,12,20,25-26H,8,10-11H2,1-2H3,(H6-,31,32,33,34,37,38,39,41,42,43,44,45)/p+1/t20-,25?,26?,36?,50?/m0/s1. The summed E-state index contributed by atoms with van der Waals surface area (Å²) in [7, 11) is -2.14. The van der Waals surface area contributed by atoms with Crippen LogP contribution < -0.4 is 11.1 Å². The van der Waals surface area contributed by atoms with Gasteiger partial charge in [-0.15, -0.1) is 11.3 Å². The number of amides is 2. The highest BCUT2D eigenvalue weighted by atomic mass is 32.2. The lowest BCUT2D eigenvalue weighted by atomic mass is 10.0. The van der Waals surface area contributed by atoms with Crippen LogP contribution in [0.2, 0.25) is 0 Å². The Kier molecular flexibility index (Phi) is 8.83. The van der Waals surface area contributed by atoms with Crippen molar-refractivity contribution in [2.45, 2.75) is 42.0 Å². The fraction of sp³-hybridized carbons (Fsp3) is 0.300. The number of thiazole rings is 1. The second-order valence-corrected chi connectivity index (χ2v) is 15.8. The number of anilines is 1. The van der Waals surface area contributed by atoms with Crippen molar-refractivity contribution in [1.29, 1.82) is 0 Å². The maximum atomic E-state index is 14.2. The van der Waals surface area contributed by atoms with E-state index < -0.39 is 85.0 Å². The molecule has 17 nitrogen and oxygen atoms in total. The third-order valence-corrected chi connectivity index (χ3v) is 12.3. The number of oxime groups is 1. The van der Waals surface area contributed by atoms with Crippen LogP contribution in [0.15, 0.2) is 63.3 Å². The van der Waals surface area contributed by atoms with E-state index in [0.29, 0.717) is 4.91 Å². The molecular formula is C30H29N6O11S3+. The molecular weight excluding hydrogens is 717 g/mol. The molecule has 7 rings (SSSR count). The number of phenolic OH excluding ortho intramolecular Hbond substituents is 2. The summed E-state index contributed by atoms with van der Waals surface area (Å²) in [6.45, 7) is 2.26. The van der Waals surface area contributed by atoms with Crippen molar-refractivity contribution in [2.75, 3.05) is 18.8 Å². The second kappa shape index (κ2) is 12.7. The molecule has 1 saturated heterocycles. The lowest BCUT2D eigenvalue weighted by molar-refractivity contribution is -0.872. The summed E-state index contributed by atoms with van der Waals surface area (Å²) in [6.07, 6.45) is 4.98. The number of phenols is 2. The molecule has 7 N–H and O–H groups in total. The van der Waals surface area contributed by atoms with E-state index >= 15 is 0 Å². The Hall–Kier alpha value is -5.05. The third kappa shape index (κ3) is 6.03. The first kappa shape index (κ1) is 34.8. The average molecular weight is 746 g/mol. The zero-order valence-corrected chi connectivity index (χ0v) is 28.6. The molecule has 5 aliphatic rings. The molecule has 1 fully saturated rings. The van der Waals surface area contributed by atoms with Crippen LogP contribution in [0.3, 0.4) is 0 Å². The van der Waals surface area contributed by atoms with Gasteiger partial charge in [-0.3, -0.25) is 28.0 Å². The number of rotatable bonds is 11. The highest BCUT2D eigenvalue weighted by Gasteiger charge is 2.59. The zero-order valence-electron chi connectivity index (χ0n) is 26.1. The molecule has 2 bridgehead atoms. The molecule has 20 heteroatoms. The molecule has 0 saturated carbocycles. The van der Waals surface area contributed by atoms with E-state index in [0.717, 1.165) is 40.1 Å². The van der Waals surface area contributed by atoms with Gasteiger partial charge in [0.05, 0.1) is 29.0 Å². The predicted molar refractivity (Wildman–Crippen MR) is 179 cm³/mol. The molecule has 0 radical (unpaired) electrons. The molecule has 5 aliphatic heterocycles. The Balaban J connectivity index is 1.45. The number of aromatic hydroxyl groups is 2. The van der Waals surface area contributed by atoms with Gasteiger partial charge in [0.2, 0.25) is 17.3 Å². The van der Waals surface area contributed by atoms with Crippen LogP contribution in [-0.2, 0) is 34.8 Å². The smallest absolute Gasteiger partial charge is 0.352 e. The number of carbonyl (C=O) groups is 5.